The Hall–Kier alpha value is -1.55. The largest absolute Gasteiger partial charge is 0.397 e. The van der Waals surface area contributed by atoms with Crippen molar-refractivity contribution in [1.82, 2.24) is 4.90 Å². The average molecular weight is 260 g/mol. The average Bonchev–Trinajstić information content (AvgIpc) is 2.94. The number of carbonyl (C=O) groups is 1. The Morgan fingerprint density at radius 1 is 1.44 bits per heavy atom. The zero-order valence-electron chi connectivity index (χ0n) is 10.3. The normalized spacial score (nSPS) is 19.6. The smallest absolute Gasteiger partial charge is 0.266 e. The first-order valence-electron chi connectivity index (χ1n) is 6.23. The van der Waals surface area contributed by atoms with Crippen LogP contribution in [0.25, 0.3) is 10.1 Å². The molecule has 0 saturated carbocycles. The number of rotatable bonds is 1. The summed E-state index contributed by atoms with van der Waals surface area (Å²) in [6.07, 6.45) is 1.09. The van der Waals surface area contributed by atoms with Gasteiger partial charge in [-0.3, -0.25) is 4.79 Å². The van der Waals surface area contributed by atoms with Crippen LogP contribution in [0.2, 0.25) is 0 Å². The van der Waals surface area contributed by atoms with E-state index >= 15 is 0 Å². The summed E-state index contributed by atoms with van der Waals surface area (Å²) in [5, 5.41) is 0.998. The van der Waals surface area contributed by atoms with E-state index in [1.807, 2.05) is 29.2 Å². The molecule has 1 saturated heterocycles. The molecule has 0 aliphatic carbocycles. The SMILES string of the molecule is CC1CCN(C(=O)c2sc3ccccc3c2N)C1. The Morgan fingerprint density at radius 3 is 2.89 bits per heavy atom. The summed E-state index contributed by atoms with van der Waals surface area (Å²) >= 11 is 1.50. The van der Waals surface area contributed by atoms with Gasteiger partial charge in [-0.2, -0.15) is 0 Å². The van der Waals surface area contributed by atoms with Crippen LogP contribution in [0.3, 0.4) is 0 Å². The highest BCUT2D eigenvalue weighted by molar-refractivity contribution is 7.21. The van der Waals surface area contributed by atoms with Crippen molar-refractivity contribution in [2.24, 2.45) is 5.92 Å². The van der Waals surface area contributed by atoms with Crippen molar-refractivity contribution in [3.63, 3.8) is 0 Å². The van der Waals surface area contributed by atoms with Crippen molar-refractivity contribution in [1.29, 1.82) is 0 Å². The molecule has 2 aromatic rings. The number of anilines is 1. The number of likely N-dealkylation sites (tertiary alicyclic amines) is 1. The number of hydrogen-bond acceptors (Lipinski definition) is 3. The number of hydrogen-bond donors (Lipinski definition) is 1. The highest BCUT2D eigenvalue weighted by Crippen LogP contribution is 2.34. The first kappa shape index (κ1) is 11.5. The summed E-state index contributed by atoms with van der Waals surface area (Å²) in [6.45, 7) is 3.89. The van der Waals surface area contributed by atoms with Gasteiger partial charge in [0.05, 0.1) is 5.69 Å². The summed E-state index contributed by atoms with van der Waals surface area (Å²) in [5.41, 5.74) is 6.74. The lowest BCUT2D eigenvalue weighted by Crippen LogP contribution is -2.28. The minimum atomic E-state index is 0.0954. The maximum absolute atomic E-state index is 12.4. The predicted octanol–water partition coefficient (Wildman–Crippen LogP) is 2.97. The Balaban J connectivity index is 1.99. The van der Waals surface area contributed by atoms with E-state index < -0.39 is 0 Å². The van der Waals surface area contributed by atoms with Crippen LogP contribution in [0.4, 0.5) is 5.69 Å². The second-order valence-electron chi connectivity index (χ2n) is 4.99. The van der Waals surface area contributed by atoms with Crippen molar-refractivity contribution in [3.05, 3.63) is 29.1 Å². The Morgan fingerprint density at radius 2 is 2.22 bits per heavy atom. The first-order chi connectivity index (χ1) is 8.66. The summed E-state index contributed by atoms with van der Waals surface area (Å²) in [6, 6.07) is 7.92. The van der Waals surface area contributed by atoms with E-state index in [1.54, 1.807) is 0 Å². The summed E-state index contributed by atoms with van der Waals surface area (Å²) < 4.78 is 1.09. The molecule has 1 atom stereocenters. The highest BCUT2D eigenvalue weighted by atomic mass is 32.1. The zero-order chi connectivity index (χ0) is 12.7. The van der Waals surface area contributed by atoms with Crippen molar-refractivity contribution in [2.45, 2.75) is 13.3 Å². The molecule has 94 valence electrons. The topological polar surface area (TPSA) is 46.3 Å². The number of thiophene rings is 1. The second kappa shape index (κ2) is 4.28. The quantitative estimate of drug-likeness (QED) is 0.857. The Labute approximate surface area is 110 Å². The molecule has 2 N–H and O–H groups in total. The molecule has 1 aliphatic heterocycles. The summed E-state index contributed by atoms with van der Waals surface area (Å²) in [4.78, 5) is 15.1. The minimum Gasteiger partial charge on any atom is -0.397 e. The molecular weight excluding hydrogens is 244 g/mol. The van der Waals surface area contributed by atoms with E-state index in [9.17, 15) is 4.79 Å². The van der Waals surface area contributed by atoms with Gasteiger partial charge in [0.1, 0.15) is 4.88 Å². The van der Waals surface area contributed by atoms with Gasteiger partial charge in [-0.1, -0.05) is 25.1 Å². The number of benzene rings is 1. The maximum Gasteiger partial charge on any atom is 0.266 e. The minimum absolute atomic E-state index is 0.0954. The first-order valence-corrected chi connectivity index (χ1v) is 7.04. The van der Waals surface area contributed by atoms with Crippen LogP contribution in [0.1, 0.15) is 23.0 Å². The van der Waals surface area contributed by atoms with Gasteiger partial charge in [0.25, 0.3) is 5.91 Å². The Bertz CT molecular complexity index is 605. The van der Waals surface area contributed by atoms with Crippen LogP contribution in [-0.4, -0.2) is 23.9 Å². The number of nitrogens with two attached hydrogens (primary N) is 1. The number of fused-ring (bicyclic) bond motifs is 1. The lowest BCUT2D eigenvalue weighted by atomic mass is 10.2. The fourth-order valence-corrected chi connectivity index (χ4v) is 3.58. The molecule has 1 fully saturated rings. The van der Waals surface area contributed by atoms with Crippen molar-refractivity contribution in [2.75, 3.05) is 18.8 Å². The summed E-state index contributed by atoms with van der Waals surface area (Å²) in [7, 11) is 0. The molecule has 1 aromatic heterocycles. The van der Waals surface area contributed by atoms with Crippen LogP contribution in [0.15, 0.2) is 24.3 Å². The number of carbonyl (C=O) groups excluding carboxylic acids is 1. The third-order valence-electron chi connectivity index (χ3n) is 3.54. The van der Waals surface area contributed by atoms with Crippen LogP contribution in [-0.2, 0) is 0 Å². The molecule has 1 amide bonds. The molecule has 1 aromatic carbocycles. The molecule has 1 aliphatic rings. The summed E-state index contributed by atoms with van der Waals surface area (Å²) in [5.74, 6) is 0.697. The zero-order valence-corrected chi connectivity index (χ0v) is 11.2. The Kier molecular flexibility index (Phi) is 2.74. The molecular formula is C14H16N2OS. The van der Waals surface area contributed by atoms with Crippen molar-refractivity contribution in [3.8, 4) is 0 Å². The molecule has 0 spiro atoms. The van der Waals surface area contributed by atoms with E-state index in [1.165, 1.54) is 11.3 Å². The fraction of sp³-hybridized carbons (Fsp3) is 0.357. The van der Waals surface area contributed by atoms with E-state index in [-0.39, 0.29) is 5.91 Å². The lowest BCUT2D eigenvalue weighted by Gasteiger charge is -2.14. The predicted molar refractivity (Wildman–Crippen MR) is 75.9 cm³/mol. The molecule has 2 heterocycles. The molecule has 3 rings (SSSR count). The van der Waals surface area contributed by atoms with Crippen LogP contribution >= 0.6 is 11.3 Å². The van der Waals surface area contributed by atoms with Gasteiger partial charge in [0, 0.05) is 23.2 Å². The molecule has 3 nitrogen and oxygen atoms in total. The van der Waals surface area contributed by atoms with Gasteiger partial charge in [0.2, 0.25) is 0 Å². The van der Waals surface area contributed by atoms with Crippen molar-refractivity contribution < 1.29 is 4.79 Å². The number of amides is 1. The lowest BCUT2D eigenvalue weighted by molar-refractivity contribution is 0.0794. The van der Waals surface area contributed by atoms with Crippen LogP contribution in [0, 0.1) is 5.92 Å². The highest BCUT2D eigenvalue weighted by Gasteiger charge is 2.27. The van der Waals surface area contributed by atoms with E-state index in [0.29, 0.717) is 16.5 Å². The molecule has 0 radical (unpaired) electrons. The van der Waals surface area contributed by atoms with E-state index in [2.05, 4.69) is 6.92 Å². The number of nitrogen functional groups attached to an aromatic ring is 1. The van der Waals surface area contributed by atoms with Gasteiger partial charge in [-0.05, 0) is 18.4 Å². The van der Waals surface area contributed by atoms with E-state index in [0.717, 1.165) is 29.6 Å². The maximum atomic E-state index is 12.4. The van der Waals surface area contributed by atoms with Gasteiger partial charge in [-0.15, -0.1) is 11.3 Å². The third kappa shape index (κ3) is 1.77. The number of nitrogens with zero attached hydrogens (tertiary/aromatic N) is 1. The molecule has 4 heteroatoms. The van der Waals surface area contributed by atoms with Crippen LogP contribution < -0.4 is 5.73 Å². The van der Waals surface area contributed by atoms with Gasteiger partial charge >= 0.3 is 0 Å². The molecule has 1 unspecified atom stereocenters. The molecule has 0 bridgehead atoms. The third-order valence-corrected chi connectivity index (χ3v) is 4.71. The fourth-order valence-electron chi connectivity index (χ4n) is 2.49. The monoisotopic (exact) mass is 260 g/mol. The van der Waals surface area contributed by atoms with Gasteiger partial charge in [-0.25, -0.2) is 0 Å². The van der Waals surface area contributed by atoms with E-state index in [4.69, 9.17) is 5.73 Å². The standard InChI is InChI=1S/C14H16N2OS/c1-9-6-7-16(8-9)14(17)13-12(15)10-4-2-3-5-11(10)18-13/h2-5,9H,6-8,15H2,1H3. The van der Waals surface area contributed by atoms with Gasteiger partial charge < -0.3 is 10.6 Å². The van der Waals surface area contributed by atoms with Gasteiger partial charge in [0.15, 0.2) is 0 Å². The second-order valence-corrected chi connectivity index (χ2v) is 6.04. The molecule has 18 heavy (non-hydrogen) atoms. The van der Waals surface area contributed by atoms with Crippen molar-refractivity contribution >= 4 is 33.0 Å². The van der Waals surface area contributed by atoms with Crippen LogP contribution in [0.5, 0.6) is 0 Å².